The van der Waals surface area contributed by atoms with Crippen LogP contribution in [-0.2, 0) is 16.6 Å². The van der Waals surface area contributed by atoms with Gasteiger partial charge in [0.1, 0.15) is 17.0 Å². The van der Waals surface area contributed by atoms with Crippen molar-refractivity contribution in [3.05, 3.63) is 47.3 Å². The van der Waals surface area contributed by atoms with Gasteiger partial charge in [0, 0.05) is 6.54 Å². The number of aromatic nitrogens is 1. The van der Waals surface area contributed by atoms with Crippen molar-refractivity contribution < 1.29 is 17.9 Å². The van der Waals surface area contributed by atoms with Gasteiger partial charge in [0.15, 0.2) is 0 Å². The first-order valence-corrected chi connectivity index (χ1v) is 9.87. The Labute approximate surface area is 150 Å². The second kappa shape index (κ2) is 6.89. The van der Waals surface area contributed by atoms with Crippen LogP contribution in [0.25, 0.3) is 10.2 Å². The van der Waals surface area contributed by atoms with Crippen LogP contribution >= 0.6 is 11.3 Å². The van der Waals surface area contributed by atoms with Gasteiger partial charge in [0.2, 0.25) is 4.80 Å². The second-order valence-electron chi connectivity index (χ2n) is 5.18. The molecule has 25 heavy (non-hydrogen) atoms. The summed E-state index contributed by atoms with van der Waals surface area (Å²) in [6.45, 7) is 2.52. The van der Waals surface area contributed by atoms with Crippen molar-refractivity contribution >= 4 is 31.6 Å². The maximum absolute atomic E-state index is 12.7. The van der Waals surface area contributed by atoms with E-state index in [9.17, 15) is 8.42 Å². The third kappa shape index (κ3) is 3.27. The molecule has 132 valence electrons. The zero-order valence-corrected chi connectivity index (χ0v) is 15.7. The van der Waals surface area contributed by atoms with Gasteiger partial charge in [-0.05, 0) is 43.3 Å². The number of nitrogens with zero attached hydrogens (tertiary/aromatic N) is 2. The van der Waals surface area contributed by atoms with Crippen LogP contribution in [-0.4, -0.2) is 27.2 Å². The number of para-hydroxylation sites is 1. The fourth-order valence-corrected chi connectivity index (χ4v) is 4.84. The predicted octanol–water partition coefficient (Wildman–Crippen LogP) is 3.03. The maximum Gasteiger partial charge on any atom is 0.285 e. The van der Waals surface area contributed by atoms with E-state index in [1.165, 1.54) is 30.6 Å². The first-order valence-electron chi connectivity index (χ1n) is 7.61. The van der Waals surface area contributed by atoms with Crippen LogP contribution < -0.4 is 14.3 Å². The van der Waals surface area contributed by atoms with Gasteiger partial charge in [-0.25, -0.2) is 0 Å². The molecular weight excluding hydrogens is 360 g/mol. The zero-order chi connectivity index (χ0) is 18.0. The molecule has 6 nitrogen and oxygen atoms in total. The highest BCUT2D eigenvalue weighted by Crippen LogP contribution is 2.27. The summed E-state index contributed by atoms with van der Waals surface area (Å²) in [5.74, 6) is 1.29. The molecule has 0 spiro atoms. The van der Waals surface area contributed by atoms with Crippen molar-refractivity contribution in [3.8, 4) is 11.5 Å². The van der Waals surface area contributed by atoms with Crippen molar-refractivity contribution in [2.45, 2.75) is 18.4 Å². The number of fused-ring (bicyclic) bond motifs is 1. The van der Waals surface area contributed by atoms with Gasteiger partial charge >= 0.3 is 0 Å². The monoisotopic (exact) mass is 378 g/mol. The first-order chi connectivity index (χ1) is 12.0. The van der Waals surface area contributed by atoms with Gasteiger partial charge in [-0.15, -0.1) is 4.40 Å². The molecule has 0 radical (unpaired) electrons. The molecule has 1 heterocycles. The zero-order valence-electron chi connectivity index (χ0n) is 14.1. The van der Waals surface area contributed by atoms with Gasteiger partial charge in [-0.1, -0.05) is 17.4 Å². The van der Waals surface area contributed by atoms with Crippen LogP contribution in [0.1, 0.15) is 6.92 Å². The molecule has 0 fully saturated rings. The molecule has 1 aromatic heterocycles. The SMILES string of the molecule is CCn1c(=NS(=O)(=O)c2ccc(OC)cc2)sc2cccc(OC)c21. The van der Waals surface area contributed by atoms with E-state index in [0.717, 1.165) is 10.2 Å². The Bertz CT molecular complexity index is 1060. The number of sulfonamides is 1. The summed E-state index contributed by atoms with van der Waals surface area (Å²) in [6, 6.07) is 11.8. The number of hydrogen-bond donors (Lipinski definition) is 0. The van der Waals surface area contributed by atoms with E-state index in [4.69, 9.17) is 9.47 Å². The number of hydrogen-bond acceptors (Lipinski definition) is 5. The largest absolute Gasteiger partial charge is 0.497 e. The van der Waals surface area contributed by atoms with Crippen LogP contribution in [0.3, 0.4) is 0 Å². The molecule has 3 rings (SSSR count). The number of benzene rings is 2. The second-order valence-corrected chi connectivity index (χ2v) is 7.79. The number of ether oxygens (including phenoxy) is 2. The van der Waals surface area contributed by atoms with E-state index in [0.29, 0.717) is 22.8 Å². The summed E-state index contributed by atoms with van der Waals surface area (Å²) >= 11 is 1.32. The fraction of sp³-hybridized carbons (Fsp3) is 0.235. The Balaban J connectivity index is 2.20. The summed E-state index contributed by atoms with van der Waals surface area (Å²) in [6.07, 6.45) is 0. The van der Waals surface area contributed by atoms with Gasteiger partial charge in [-0.2, -0.15) is 8.42 Å². The van der Waals surface area contributed by atoms with Crippen LogP contribution in [0.2, 0.25) is 0 Å². The molecule has 0 N–H and O–H groups in total. The minimum absolute atomic E-state index is 0.125. The van der Waals surface area contributed by atoms with Gasteiger partial charge in [-0.3, -0.25) is 0 Å². The molecule has 8 heteroatoms. The minimum atomic E-state index is -3.82. The van der Waals surface area contributed by atoms with Crippen molar-refractivity contribution in [2.75, 3.05) is 14.2 Å². The van der Waals surface area contributed by atoms with Crippen LogP contribution in [0.15, 0.2) is 51.8 Å². The highest BCUT2D eigenvalue weighted by molar-refractivity contribution is 7.90. The van der Waals surface area contributed by atoms with Crippen LogP contribution in [0.5, 0.6) is 11.5 Å². The van der Waals surface area contributed by atoms with E-state index in [2.05, 4.69) is 4.40 Å². The molecule has 0 aliphatic heterocycles. The minimum Gasteiger partial charge on any atom is -0.497 e. The molecule has 0 unspecified atom stereocenters. The van der Waals surface area contributed by atoms with Crippen molar-refractivity contribution in [1.82, 2.24) is 4.57 Å². The van der Waals surface area contributed by atoms with E-state index in [-0.39, 0.29) is 4.90 Å². The summed E-state index contributed by atoms with van der Waals surface area (Å²) in [5.41, 5.74) is 0.848. The Morgan fingerprint density at radius 3 is 2.40 bits per heavy atom. The average molecular weight is 378 g/mol. The van der Waals surface area contributed by atoms with Gasteiger partial charge < -0.3 is 14.0 Å². The van der Waals surface area contributed by atoms with Gasteiger partial charge in [0.05, 0.1) is 23.8 Å². The van der Waals surface area contributed by atoms with E-state index in [1.54, 1.807) is 19.2 Å². The smallest absolute Gasteiger partial charge is 0.285 e. The standard InChI is InChI=1S/C17H18N2O4S2/c1-4-19-16-14(23-3)6-5-7-15(16)24-17(19)18-25(20,21)13-10-8-12(22-2)9-11-13/h5-11H,4H2,1-3H3. The Hall–Kier alpha value is -2.32. The van der Waals surface area contributed by atoms with Gasteiger partial charge in [0.25, 0.3) is 10.0 Å². The highest BCUT2D eigenvalue weighted by atomic mass is 32.2. The molecule has 0 aliphatic carbocycles. The molecule has 0 atom stereocenters. The normalized spacial score (nSPS) is 12.5. The van der Waals surface area contributed by atoms with E-state index < -0.39 is 10.0 Å². The summed E-state index contributed by atoms with van der Waals surface area (Å²) in [5, 5.41) is 0. The van der Waals surface area contributed by atoms with Crippen LogP contribution in [0, 0.1) is 0 Å². The third-order valence-corrected chi connectivity index (χ3v) is 6.20. The lowest BCUT2D eigenvalue weighted by molar-refractivity contribution is 0.414. The summed E-state index contributed by atoms with van der Waals surface area (Å²) < 4.78 is 42.6. The third-order valence-electron chi connectivity index (χ3n) is 3.76. The molecule has 0 bridgehead atoms. The first kappa shape index (κ1) is 17.5. The number of aryl methyl sites for hydroxylation is 1. The van der Waals surface area contributed by atoms with Crippen molar-refractivity contribution in [1.29, 1.82) is 0 Å². The Morgan fingerprint density at radius 2 is 1.80 bits per heavy atom. The Morgan fingerprint density at radius 1 is 1.08 bits per heavy atom. The topological polar surface area (TPSA) is 69.9 Å². The lowest BCUT2D eigenvalue weighted by Crippen LogP contribution is -2.16. The summed E-state index contributed by atoms with van der Waals surface area (Å²) in [4.78, 5) is 0.540. The number of methoxy groups -OCH3 is 2. The quantitative estimate of drug-likeness (QED) is 0.684. The highest BCUT2D eigenvalue weighted by Gasteiger charge is 2.16. The average Bonchev–Trinajstić information content (AvgIpc) is 2.98. The maximum atomic E-state index is 12.7. The molecular formula is C17H18N2O4S2. The molecule has 3 aromatic rings. The molecule has 0 saturated heterocycles. The van der Waals surface area contributed by atoms with E-state index >= 15 is 0 Å². The molecule has 2 aromatic carbocycles. The number of thiazole rings is 1. The molecule has 0 amide bonds. The number of rotatable bonds is 5. The van der Waals surface area contributed by atoms with Crippen molar-refractivity contribution in [3.63, 3.8) is 0 Å². The Kier molecular flexibility index (Phi) is 4.82. The van der Waals surface area contributed by atoms with Crippen LogP contribution in [0.4, 0.5) is 0 Å². The lowest BCUT2D eigenvalue weighted by Gasteiger charge is -2.06. The molecule has 0 aliphatic rings. The fourth-order valence-electron chi connectivity index (χ4n) is 2.53. The lowest BCUT2D eigenvalue weighted by atomic mass is 10.3. The summed E-state index contributed by atoms with van der Waals surface area (Å²) in [7, 11) is -0.695. The molecule has 0 saturated carbocycles. The predicted molar refractivity (Wildman–Crippen MR) is 97.8 cm³/mol. The van der Waals surface area contributed by atoms with Crippen molar-refractivity contribution in [2.24, 2.45) is 4.40 Å². The van der Waals surface area contributed by atoms with E-state index in [1.807, 2.05) is 29.7 Å².